The van der Waals surface area contributed by atoms with E-state index < -0.39 is 12.0 Å². The molecule has 0 unspecified atom stereocenters. The Labute approximate surface area is 114 Å². The quantitative estimate of drug-likeness (QED) is 0.790. The minimum absolute atomic E-state index is 0.430. The number of carboxylic acids is 1. The number of aryl methyl sites for hydroxylation is 1. The largest absolute Gasteiger partial charge is 0.496 e. The second-order valence-corrected chi connectivity index (χ2v) is 4.61. The monoisotopic (exact) mass is 266 g/mol. The number of nitrogens with one attached hydrogen (secondary N) is 1. The van der Waals surface area contributed by atoms with E-state index in [1.807, 2.05) is 20.8 Å². The molecule has 1 aromatic rings. The van der Waals surface area contributed by atoms with Crippen LogP contribution in [0.4, 0.5) is 0 Å². The molecule has 0 bridgehead atoms. The molecule has 106 valence electrons. The van der Waals surface area contributed by atoms with Gasteiger partial charge in [0.25, 0.3) is 0 Å². The Balaban J connectivity index is 2.80. The highest BCUT2D eigenvalue weighted by atomic mass is 16.5. The van der Waals surface area contributed by atoms with Gasteiger partial charge in [0.1, 0.15) is 11.8 Å². The number of ether oxygens (including phenoxy) is 1. The predicted octanol–water partition coefficient (Wildman–Crippen LogP) is 2.05. The third-order valence-electron chi connectivity index (χ3n) is 3.14. The van der Waals surface area contributed by atoms with Crippen molar-refractivity contribution < 1.29 is 14.6 Å². The lowest BCUT2D eigenvalue weighted by Crippen LogP contribution is -2.36. The third kappa shape index (κ3) is 3.92. The lowest BCUT2D eigenvalue weighted by molar-refractivity contribution is -0.139. The van der Waals surface area contributed by atoms with Crippen molar-refractivity contribution in [3.63, 3.8) is 0 Å². The maximum Gasteiger partial charge on any atom is 0.320 e. The molecule has 0 radical (unpaired) electrons. The van der Waals surface area contributed by atoms with Gasteiger partial charge in [-0.3, -0.25) is 15.1 Å². The number of carboxylic acid groups (broad SMARTS) is 1. The molecule has 0 saturated carbocycles. The fraction of sp³-hybridized carbons (Fsp3) is 0.571. The van der Waals surface area contributed by atoms with Gasteiger partial charge in [-0.25, -0.2) is 0 Å². The number of methoxy groups -OCH3 is 1. The van der Waals surface area contributed by atoms with Crippen LogP contribution >= 0.6 is 0 Å². The van der Waals surface area contributed by atoms with Crippen molar-refractivity contribution in [3.05, 3.63) is 23.0 Å². The van der Waals surface area contributed by atoms with Crippen LogP contribution < -0.4 is 10.1 Å². The van der Waals surface area contributed by atoms with Crippen molar-refractivity contribution in [3.8, 4) is 5.75 Å². The van der Waals surface area contributed by atoms with Crippen LogP contribution in [0.5, 0.6) is 5.75 Å². The van der Waals surface area contributed by atoms with Crippen LogP contribution in [0, 0.1) is 13.8 Å². The molecule has 0 aliphatic carbocycles. The fourth-order valence-corrected chi connectivity index (χ4v) is 2.07. The molecule has 5 heteroatoms. The van der Waals surface area contributed by atoms with E-state index in [9.17, 15) is 4.79 Å². The molecule has 19 heavy (non-hydrogen) atoms. The van der Waals surface area contributed by atoms with Gasteiger partial charge >= 0.3 is 5.97 Å². The summed E-state index contributed by atoms with van der Waals surface area (Å²) in [5, 5.41) is 12.1. The molecule has 0 spiro atoms. The molecular formula is C14H22N2O3. The first-order chi connectivity index (χ1) is 9.01. The maximum absolute atomic E-state index is 11.1. The van der Waals surface area contributed by atoms with Gasteiger partial charge in [-0.1, -0.05) is 13.3 Å². The summed E-state index contributed by atoms with van der Waals surface area (Å²) in [7, 11) is 1.63. The van der Waals surface area contributed by atoms with Crippen molar-refractivity contribution in [2.75, 3.05) is 7.11 Å². The first kappa shape index (κ1) is 15.4. The predicted molar refractivity (Wildman–Crippen MR) is 73.4 cm³/mol. The van der Waals surface area contributed by atoms with E-state index >= 15 is 0 Å². The Kier molecular flexibility index (Phi) is 5.76. The Hall–Kier alpha value is -1.62. The van der Waals surface area contributed by atoms with Gasteiger partial charge in [0, 0.05) is 23.9 Å². The summed E-state index contributed by atoms with van der Waals surface area (Å²) in [5.41, 5.74) is 2.76. The average Bonchev–Trinajstić information content (AvgIpc) is 2.36. The van der Waals surface area contributed by atoms with Gasteiger partial charge in [-0.2, -0.15) is 0 Å². The Morgan fingerprint density at radius 1 is 1.53 bits per heavy atom. The molecule has 0 amide bonds. The van der Waals surface area contributed by atoms with Crippen LogP contribution in [0.15, 0.2) is 6.20 Å². The summed E-state index contributed by atoms with van der Waals surface area (Å²) in [4.78, 5) is 15.4. The lowest BCUT2D eigenvalue weighted by atomic mass is 10.1. The number of rotatable bonds is 7. The molecule has 1 rings (SSSR count). The van der Waals surface area contributed by atoms with Gasteiger partial charge in [0.2, 0.25) is 0 Å². The molecule has 0 fully saturated rings. The lowest BCUT2D eigenvalue weighted by Gasteiger charge is -2.16. The summed E-state index contributed by atoms with van der Waals surface area (Å²) in [6.45, 7) is 6.27. The highest BCUT2D eigenvalue weighted by Gasteiger charge is 2.17. The summed E-state index contributed by atoms with van der Waals surface area (Å²) in [6.07, 6.45) is 3.18. The van der Waals surface area contributed by atoms with Crippen molar-refractivity contribution in [1.29, 1.82) is 0 Å². The number of aliphatic carboxylic acids is 1. The molecule has 2 N–H and O–H groups in total. The Morgan fingerprint density at radius 2 is 2.21 bits per heavy atom. The SMILES string of the molecule is CCC[C@@H](NCc1ncc(C)c(OC)c1C)C(=O)O. The van der Waals surface area contributed by atoms with Crippen LogP contribution in [0.25, 0.3) is 0 Å². The van der Waals surface area contributed by atoms with E-state index in [1.165, 1.54) is 0 Å². The zero-order valence-electron chi connectivity index (χ0n) is 12.0. The molecule has 1 heterocycles. The third-order valence-corrected chi connectivity index (χ3v) is 3.14. The van der Waals surface area contributed by atoms with Crippen LogP contribution in [-0.4, -0.2) is 29.2 Å². The molecule has 5 nitrogen and oxygen atoms in total. The molecule has 0 saturated heterocycles. The van der Waals surface area contributed by atoms with E-state index in [2.05, 4.69) is 10.3 Å². The summed E-state index contributed by atoms with van der Waals surface area (Å²) in [6, 6.07) is -0.529. The number of hydrogen-bond acceptors (Lipinski definition) is 4. The number of carbonyl (C=O) groups is 1. The first-order valence-electron chi connectivity index (χ1n) is 6.46. The molecule has 0 aliphatic rings. The zero-order valence-corrected chi connectivity index (χ0v) is 12.0. The Morgan fingerprint density at radius 3 is 2.74 bits per heavy atom. The fourth-order valence-electron chi connectivity index (χ4n) is 2.07. The van der Waals surface area contributed by atoms with E-state index in [0.29, 0.717) is 13.0 Å². The molecule has 1 aromatic heterocycles. The van der Waals surface area contributed by atoms with E-state index in [1.54, 1.807) is 13.3 Å². The number of nitrogens with zero attached hydrogens (tertiary/aromatic N) is 1. The molecular weight excluding hydrogens is 244 g/mol. The minimum atomic E-state index is -0.821. The zero-order chi connectivity index (χ0) is 14.4. The van der Waals surface area contributed by atoms with Crippen molar-refractivity contribution in [2.45, 2.75) is 46.2 Å². The van der Waals surface area contributed by atoms with Gasteiger partial charge in [-0.15, -0.1) is 0 Å². The van der Waals surface area contributed by atoms with Gasteiger partial charge < -0.3 is 9.84 Å². The van der Waals surface area contributed by atoms with Crippen molar-refractivity contribution in [1.82, 2.24) is 10.3 Å². The Bertz CT molecular complexity index is 447. The van der Waals surface area contributed by atoms with Gasteiger partial charge in [0.05, 0.1) is 12.8 Å². The van der Waals surface area contributed by atoms with Crippen LogP contribution in [0.3, 0.4) is 0 Å². The van der Waals surface area contributed by atoms with Gasteiger partial charge in [-0.05, 0) is 20.3 Å². The highest BCUT2D eigenvalue weighted by molar-refractivity contribution is 5.73. The smallest absolute Gasteiger partial charge is 0.320 e. The standard InChI is InChI=1S/C14H22N2O3/c1-5-6-11(14(17)18)16-8-12-10(3)13(19-4)9(2)7-15-12/h7,11,16H,5-6,8H2,1-4H3,(H,17,18)/t11-/m1/s1. The first-order valence-corrected chi connectivity index (χ1v) is 6.46. The molecule has 1 atom stereocenters. The molecule has 0 aliphatic heterocycles. The second kappa shape index (κ2) is 7.09. The van der Waals surface area contributed by atoms with Crippen molar-refractivity contribution in [2.24, 2.45) is 0 Å². The summed E-state index contributed by atoms with van der Waals surface area (Å²) >= 11 is 0. The minimum Gasteiger partial charge on any atom is -0.496 e. The summed E-state index contributed by atoms with van der Waals surface area (Å²) < 4.78 is 5.33. The number of aromatic nitrogens is 1. The van der Waals surface area contributed by atoms with Crippen LogP contribution in [0.1, 0.15) is 36.6 Å². The maximum atomic E-state index is 11.1. The van der Waals surface area contributed by atoms with E-state index in [4.69, 9.17) is 9.84 Å². The number of pyridine rings is 1. The topological polar surface area (TPSA) is 71.5 Å². The summed E-state index contributed by atoms with van der Waals surface area (Å²) in [5.74, 6) is -0.00672. The van der Waals surface area contributed by atoms with Crippen LogP contribution in [0.2, 0.25) is 0 Å². The van der Waals surface area contributed by atoms with Crippen LogP contribution in [-0.2, 0) is 11.3 Å². The average molecular weight is 266 g/mol. The number of hydrogen-bond donors (Lipinski definition) is 2. The normalized spacial score (nSPS) is 12.2. The van der Waals surface area contributed by atoms with E-state index in [0.717, 1.165) is 29.0 Å². The molecule has 0 aromatic carbocycles. The van der Waals surface area contributed by atoms with Crippen molar-refractivity contribution >= 4 is 5.97 Å². The van der Waals surface area contributed by atoms with E-state index in [-0.39, 0.29) is 0 Å². The second-order valence-electron chi connectivity index (χ2n) is 4.61. The highest BCUT2D eigenvalue weighted by Crippen LogP contribution is 2.23. The van der Waals surface area contributed by atoms with Gasteiger partial charge in [0.15, 0.2) is 0 Å².